The number of aryl methyl sites for hydroxylation is 1. The molecule has 1 saturated heterocycles. The van der Waals surface area contributed by atoms with Crippen LogP contribution in [-0.4, -0.2) is 31.9 Å². The van der Waals surface area contributed by atoms with E-state index in [-0.39, 0.29) is 6.10 Å². The number of para-hydroxylation sites is 1. The first-order valence-electron chi connectivity index (χ1n) is 7.40. The molecule has 1 aromatic carbocycles. The molecule has 1 heterocycles. The second kappa shape index (κ2) is 7.51. The van der Waals surface area contributed by atoms with Crippen LogP contribution >= 0.6 is 0 Å². The van der Waals surface area contributed by atoms with Gasteiger partial charge in [0.15, 0.2) is 0 Å². The van der Waals surface area contributed by atoms with Crippen molar-refractivity contribution in [3.05, 3.63) is 29.8 Å². The summed E-state index contributed by atoms with van der Waals surface area (Å²) in [4.78, 5) is 0. The molecule has 1 aliphatic rings. The first kappa shape index (κ1) is 14.4. The number of nitrogens with one attached hydrogen (secondary N) is 1. The van der Waals surface area contributed by atoms with Crippen molar-refractivity contribution in [3.63, 3.8) is 0 Å². The van der Waals surface area contributed by atoms with Gasteiger partial charge in [-0.2, -0.15) is 0 Å². The van der Waals surface area contributed by atoms with E-state index in [9.17, 15) is 0 Å². The Balaban J connectivity index is 1.77. The Bertz CT molecular complexity index is 381. The first-order chi connectivity index (χ1) is 9.33. The number of likely N-dealkylation sites (N-methyl/N-ethyl adjacent to an activating group) is 1. The van der Waals surface area contributed by atoms with Crippen molar-refractivity contribution >= 4 is 0 Å². The maximum atomic E-state index is 5.97. The van der Waals surface area contributed by atoms with Crippen molar-refractivity contribution in [3.8, 4) is 5.75 Å². The number of hydrogen-bond donors (Lipinski definition) is 1. The van der Waals surface area contributed by atoms with E-state index in [2.05, 4.69) is 31.3 Å². The molecule has 1 fully saturated rings. The smallest absolute Gasteiger partial charge is 0.122 e. The second-order valence-corrected chi connectivity index (χ2v) is 5.04. The average molecular weight is 263 g/mol. The van der Waals surface area contributed by atoms with E-state index >= 15 is 0 Å². The van der Waals surface area contributed by atoms with E-state index in [4.69, 9.17) is 9.47 Å². The Hall–Kier alpha value is -1.06. The fourth-order valence-corrected chi connectivity index (χ4v) is 2.48. The van der Waals surface area contributed by atoms with Crippen LogP contribution < -0.4 is 10.1 Å². The van der Waals surface area contributed by atoms with E-state index < -0.39 is 0 Å². The van der Waals surface area contributed by atoms with Crippen molar-refractivity contribution in [2.75, 3.05) is 19.7 Å². The molecule has 2 unspecified atom stereocenters. The van der Waals surface area contributed by atoms with Gasteiger partial charge in [0.25, 0.3) is 0 Å². The molecule has 2 rings (SSSR count). The highest BCUT2D eigenvalue weighted by Gasteiger charge is 2.25. The van der Waals surface area contributed by atoms with E-state index in [0.29, 0.717) is 12.7 Å². The predicted molar refractivity (Wildman–Crippen MR) is 77.8 cm³/mol. The number of rotatable bonds is 7. The normalized spacial score (nSPS) is 22.6. The molecule has 19 heavy (non-hydrogen) atoms. The zero-order valence-electron chi connectivity index (χ0n) is 12.0. The third-order valence-corrected chi connectivity index (χ3v) is 3.60. The van der Waals surface area contributed by atoms with Crippen molar-refractivity contribution in [2.24, 2.45) is 0 Å². The molecule has 2 atom stereocenters. The maximum Gasteiger partial charge on any atom is 0.122 e. The SMILES string of the molecule is CCNCC1CCC(COc2ccccc2CC)O1. The van der Waals surface area contributed by atoms with Crippen LogP contribution in [0.15, 0.2) is 24.3 Å². The molecular formula is C16H25NO2. The highest BCUT2D eigenvalue weighted by molar-refractivity contribution is 5.33. The predicted octanol–water partition coefficient (Wildman–Crippen LogP) is 2.78. The number of hydrogen-bond acceptors (Lipinski definition) is 3. The van der Waals surface area contributed by atoms with Crippen molar-refractivity contribution in [2.45, 2.75) is 45.3 Å². The molecule has 3 heteroatoms. The van der Waals surface area contributed by atoms with E-state index in [1.807, 2.05) is 12.1 Å². The van der Waals surface area contributed by atoms with Gasteiger partial charge in [0.2, 0.25) is 0 Å². The van der Waals surface area contributed by atoms with Crippen LogP contribution in [0.25, 0.3) is 0 Å². The lowest BCUT2D eigenvalue weighted by atomic mass is 10.1. The minimum Gasteiger partial charge on any atom is -0.491 e. The average Bonchev–Trinajstić information content (AvgIpc) is 2.91. The first-order valence-corrected chi connectivity index (χ1v) is 7.40. The fraction of sp³-hybridized carbons (Fsp3) is 0.625. The summed E-state index contributed by atoms with van der Waals surface area (Å²) in [7, 11) is 0. The largest absolute Gasteiger partial charge is 0.491 e. The lowest BCUT2D eigenvalue weighted by Gasteiger charge is -2.16. The Morgan fingerprint density at radius 2 is 2.00 bits per heavy atom. The molecule has 1 aromatic rings. The van der Waals surface area contributed by atoms with Gasteiger partial charge in [0, 0.05) is 6.54 Å². The monoisotopic (exact) mass is 263 g/mol. The van der Waals surface area contributed by atoms with E-state index in [0.717, 1.165) is 38.1 Å². The lowest BCUT2D eigenvalue weighted by molar-refractivity contribution is 0.0186. The Labute approximate surface area is 116 Å². The summed E-state index contributed by atoms with van der Waals surface area (Å²) in [6.45, 7) is 6.90. The Kier molecular flexibility index (Phi) is 5.67. The van der Waals surface area contributed by atoms with Gasteiger partial charge < -0.3 is 14.8 Å². The van der Waals surface area contributed by atoms with E-state index in [1.54, 1.807) is 0 Å². The molecule has 0 bridgehead atoms. The molecule has 3 nitrogen and oxygen atoms in total. The third kappa shape index (κ3) is 4.22. The summed E-state index contributed by atoms with van der Waals surface area (Å²) in [6, 6.07) is 8.25. The molecule has 106 valence electrons. The van der Waals surface area contributed by atoms with Crippen LogP contribution in [0.4, 0.5) is 0 Å². The topological polar surface area (TPSA) is 30.5 Å². The van der Waals surface area contributed by atoms with Crippen LogP contribution in [0.1, 0.15) is 32.3 Å². The van der Waals surface area contributed by atoms with Crippen LogP contribution in [0, 0.1) is 0 Å². The summed E-state index contributed by atoms with van der Waals surface area (Å²) in [5, 5.41) is 3.34. The fourth-order valence-electron chi connectivity index (χ4n) is 2.48. The molecule has 1 aliphatic heterocycles. The van der Waals surface area contributed by atoms with Gasteiger partial charge in [-0.05, 0) is 37.4 Å². The Morgan fingerprint density at radius 3 is 2.79 bits per heavy atom. The highest BCUT2D eigenvalue weighted by Crippen LogP contribution is 2.23. The molecular weight excluding hydrogens is 238 g/mol. The molecule has 1 N–H and O–H groups in total. The van der Waals surface area contributed by atoms with Crippen LogP contribution in [0.5, 0.6) is 5.75 Å². The number of benzene rings is 1. The van der Waals surface area contributed by atoms with Crippen molar-refractivity contribution in [1.82, 2.24) is 5.32 Å². The molecule has 0 amide bonds. The summed E-state index contributed by atoms with van der Waals surface area (Å²) < 4.78 is 11.9. The molecule has 0 aromatic heterocycles. The van der Waals surface area contributed by atoms with Gasteiger partial charge in [-0.15, -0.1) is 0 Å². The third-order valence-electron chi connectivity index (χ3n) is 3.60. The van der Waals surface area contributed by atoms with Gasteiger partial charge in [-0.1, -0.05) is 32.0 Å². The summed E-state index contributed by atoms with van der Waals surface area (Å²) >= 11 is 0. The standard InChI is InChI=1S/C16H25NO2/c1-3-13-7-5-6-8-16(13)18-12-15-10-9-14(19-15)11-17-4-2/h5-8,14-15,17H,3-4,9-12H2,1-2H3. The summed E-state index contributed by atoms with van der Waals surface area (Å²) in [6.07, 6.45) is 3.84. The summed E-state index contributed by atoms with van der Waals surface area (Å²) in [5.41, 5.74) is 1.27. The minimum absolute atomic E-state index is 0.244. The maximum absolute atomic E-state index is 5.97. The van der Waals surface area contributed by atoms with Crippen molar-refractivity contribution in [1.29, 1.82) is 0 Å². The minimum atomic E-state index is 0.244. The molecule has 0 aliphatic carbocycles. The van der Waals surface area contributed by atoms with Crippen LogP contribution in [0.2, 0.25) is 0 Å². The lowest BCUT2D eigenvalue weighted by Crippen LogP contribution is -2.28. The van der Waals surface area contributed by atoms with Gasteiger partial charge in [-0.3, -0.25) is 0 Å². The van der Waals surface area contributed by atoms with E-state index in [1.165, 1.54) is 5.56 Å². The van der Waals surface area contributed by atoms with Gasteiger partial charge >= 0.3 is 0 Å². The van der Waals surface area contributed by atoms with Gasteiger partial charge in [0.1, 0.15) is 12.4 Å². The molecule has 0 spiro atoms. The summed E-state index contributed by atoms with van der Waals surface area (Å²) in [5.74, 6) is 1.00. The quantitative estimate of drug-likeness (QED) is 0.820. The number of ether oxygens (including phenoxy) is 2. The molecule has 0 saturated carbocycles. The van der Waals surface area contributed by atoms with Gasteiger partial charge in [-0.25, -0.2) is 0 Å². The van der Waals surface area contributed by atoms with Gasteiger partial charge in [0.05, 0.1) is 12.2 Å². The van der Waals surface area contributed by atoms with Crippen LogP contribution in [-0.2, 0) is 11.2 Å². The highest BCUT2D eigenvalue weighted by atomic mass is 16.5. The Morgan fingerprint density at radius 1 is 1.21 bits per heavy atom. The second-order valence-electron chi connectivity index (χ2n) is 5.04. The van der Waals surface area contributed by atoms with Crippen LogP contribution in [0.3, 0.4) is 0 Å². The van der Waals surface area contributed by atoms with Crippen molar-refractivity contribution < 1.29 is 9.47 Å². The zero-order chi connectivity index (χ0) is 13.5. The molecule has 0 radical (unpaired) electrons. The zero-order valence-corrected chi connectivity index (χ0v) is 12.0.